The zero-order chi connectivity index (χ0) is 15.9. The minimum absolute atomic E-state index is 0.313. The van der Waals surface area contributed by atoms with E-state index in [1.807, 2.05) is 13.0 Å². The van der Waals surface area contributed by atoms with Gasteiger partial charge in [-0.1, -0.05) is 5.16 Å². The number of aromatic nitrogens is 5. The van der Waals surface area contributed by atoms with Crippen molar-refractivity contribution in [1.82, 2.24) is 23.8 Å². The molecular weight excluding hydrogens is 286 g/mol. The Kier molecular flexibility index (Phi) is 3.44. The maximum absolute atomic E-state index is 12.5. The molecule has 0 unspecified atom stereocenters. The quantitative estimate of drug-likeness (QED) is 0.694. The molecule has 0 aliphatic heterocycles. The smallest absolute Gasteiger partial charge is 0.332 e. The van der Waals surface area contributed by atoms with Crippen molar-refractivity contribution in [3.05, 3.63) is 44.7 Å². The Bertz CT molecular complexity index is 944. The van der Waals surface area contributed by atoms with Gasteiger partial charge in [0.05, 0.1) is 12.0 Å². The Hall–Kier alpha value is -2.64. The van der Waals surface area contributed by atoms with Crippen molar-refractivity contribution in [2.75, 3.05) is 0 Å². The lowest BCUT2D eigenvalue weighted by molar-refractivity contribution is 0.373. The van der Waals surface area contributed by atoms with Gasteiger partial charge in [-0.2, -0.15) is 0 Å². The molecule has 8 heteroatoms. The number of rotatable bonds is 4. The average Bonchev–Trinajstić information content (AvgIpc) is 3.06. The lowest BCUT2D eigenvalue weighted by Crippen LogP contribution is -2.39. The van der Waals surface area contributed by atoms with Crippen molar-refractivity contribution in [2.24, 2.45) is 14.1 Å². The van der Waals surface area contributed by atoms with Crippen LogP contribution in [0.4, 0.5) is 0 Å². The summed E-state index contributed by atoms with van der Waals surface area (Å²) in [6.45, 7) is 2.18. The second-order valence-corrected chi connectivity index (χ2v) is 5.36. The maximum atomic E-state index is 12.5. The summed E-state index contributed by atoms with van der Waals surface area (Å²) in [4.78, 5) is 28.9. The van der Waals surface area contributed by atoms with Gasteiger partial charge >= 0.3 is 5.69 Å². The van der Waals surface area contributed by atoms with Crippen LogP contribution in [0, 0.1) is 6.92 Å². The SMILES string of the molecule is Cc1cc(CCCn2c(=O)c3c(ncn3C)n(C)c2=O)on1. The molecule has 0 saturated carbocycles. The van der Waals surface area contributed by atoms with Gasteiger partial charge < -0.3 is 9.09 Å². The van der Waals surface area contributed by atoms with Crippen LogP contribution in [-0.4, -0.2) is 23.8 Å². The van der Waals surface area contributed by atoms with E-state index in [1.54, 1.807) is 18.7 Å². The van der Waals surface area contributed by atoms with Crippen LogP contribution in [0.5, 0.6) is 0 Å². The zero-order valence-electron chi connectivity index (χ0n) is 12.7. The molecule has 22 heavy (non-hydrogen) atoms. The van der Waals surface area contributed by atoms with E-state index in [0.29, 0.717) is 30.6 Å². The molecule has 0 amide bonds. The number of aryl methyl sites for hydroxylation is 4. The second kappa shape index (κ2) is 5.28. The summed E-state index contributed by atoms with van der Waals surface area (Å²) in [5, 5.41) is 3.82. The second-order valence-electron chi connectivity index (χ2n) is 5.36. The number of hydrogen-bond donors (Lipinski definition) is 0. The highest BCUT2D eigenvalue weighted by Gasteiger charge is 2.14. The fraction of sp³-hybridized carbons (Fsp3) is 0.429. The summed E-state index contributed by atoms with van der Waals surface area (Å²) in [5.41, 5.74) is 0.980. The monoisotopic (exact) mass is 303 g/mol. The van der Waals surface area contributed by atoms with Gasteiger partial charge in [0.2, 0.25) is 0 Å². The van der Waals surface area contributed by atoms with Gasteiger partial charge in [0.1, 0.15) is 5.76 Å². The van der Waals surface area contributed by atoms with Crippen molar-refractivity contribution in [3.8, 4) is 0 Å². The minimum Gasteiger partial charge on any atom is -0.361 e. The van der Waals surface area contributed by atoms with Crippen LogP contribution in [0.2, 0.25) is 0 Å². The number of imidazole rings is 1. The molecule has 0 N–H and O–H groups in total. The van der Waals surface area contributed by atoms with Crippen LogP contribution in [0.1, 0.15) is 17.9 Å². The van der Waals surface area contributed by atoms with Crippen LogP contribution < -0.4 is 11.2 Å². The highest BCUT2D eigenvalue weighted by atomic mass is 16.5. The van der Waals surface area contributed by atoms with Crippen molar-refractivity contribution in [2.45, 2.75) is 26.3 Å². The summed E-state index contributed by atoms with van der Waals surface area (Å²) in [5.74, 6) is 0.754. The molecule has 0 fully saturated rings. The molecule has 8 nitrogen and oxygen atoms in total. The number of fused-ring (bicyclic) bond motifs is 1. The first kappa shape index (κ1) is 14.3. The third kappa shape index (κ3) is 2.26. The third-order valence-corrected chi connectivity index (χ3v) is 3.68. The molecule has 0 aliphatic rings. The van der Waals surface area contributed by atoms with Gasteiger partial charge in [-0.3, -0.25) is 13.9 Å². The largest absolute Gasteiger partial charge is 0.361 e. The van der Waals surface area contributed by atoms with Gasteiger partial charge in [-0.25, -0.2) is 9.78 Å². The predicted molar refractivity (Wildman–Crippen MR) is 79.8 cm³/mol. The molecule has 0 saturated heterocycles. The molecule has 0 radical (unpaired) electrons. The summed E-state index contributed by atoms with van der Waals surface area (Å²) in [7, 11) is 3.36. The lowest BCUT2D eigenvalue weighted by atomic mass is 10.2. The molecule has 3 heterocycles. The molecule has 3 aromatic rings. The fourth-order valence-corrected chi connectivity index (χ4v) is 2.54. The summed E-state index contributed by atoms with van der Waals surface area (Å²) in [6, 6.07) is 1.85. The van der Waals surface area contributed by atoms with E-state index < -0.39 is 0 Å². The molecule has 0 aliphatic carbocycles. The van der Waals surface area contributed by atoms with Crippen molar-refractivity contribution in [1.29, 1.82) is 0 Å². The number of nitrogens with zero attached hydrogens (tertiary/aromatic N) is 5. The molecular formula is C14H17N5O3. The van der Waals surface area contributed by atoms with Gasteiger partial charge in [0.25, 0.3) is 5.56 Å². The highest BCUT2D eigenvalue weighted by Crippen LogP contribution is 2.06. The van der Waals surface area contributed by atoms with E-state index in [2.05, 4.69) is 10.1 Å². The Morgan fingerprint density at radius 1 is 1.27 bits per heavy atom. The molecule has 0 aromatic carbocycles. The van der Waals surface area contributed by atoms with E-state index in [-0.39, 0.29) is 11.2 Å². The first-order valence-corrected chi connectivity index (χ1v) is 7.02. The van der Waals surface area contributed by atoms with Gasteiger partial charge in [0, 0.05) is 33.1 Å². The van der Waals surface area contributed by atoms with Crippen molar-refractivity contribution < 1.29 is 4.52 Å². The van der Waals surface area contributed by atoms with E-state index >= 15 is 0 Å². The average molecular weight is 303 g/mol. The zero-order valence-corrected chi connectivity index (χ0v) is 12.7. The lowest BCUT2D eigenvalue weighted by Gasteiger charge is -2.07. The van der Waals surface area contributed by atoms with Crippen molar-refractivity contribution >= 4 is 11.2 Å². The Labute approximate surface area is 125 Å². The molecule has 116 valence electrons. The highest BCUT2D eigenvalue weighted by molar-refractivity contribution is 5.69. The Morgan fingerprint density at radius 3 is 2.73 bits per heavy atom. The van der Waals surface area contributed by atoms with Gasteiger partial charge in [0.15, 0.2) is 11.2 Å². The Morgan fingerprint density at radius 2 is 2.05 bits per heavy atom. The molecule has 0 spiro atoms. The predicted octanol–water partition coefficient (Wildman–Crippen LogP) is 0.363. The fourth-order valence-electron chi connectivity index (χ4n) is 2.54. The molecule has 3 aromatic heterocycles. The third-order valence-electron chi connectivity index (χ3n) is 3.68. The van der Waals surface area contributed by atoms with E-state index in [9.17, 15) is 9.59 Å². The molecule has 0 bridgehead atoms. The minimum atomic E-state index is -0.357. The van der Waals surface area contributed by atoms with Crippen LogP contribution in [0.25, 0.3) is 11.2 Å². The van der Waals surface area contributed by atoms with Crippen LogP contribution in [-0.2, 0) is 27.1 Å². The first-order valence-electron chi connectivity index (χ1n) is 7.02. The van der Waals surface area contributed by atoms with Crippen LogP contribution >= 0.6 is 0 Å². The summed E-state index contributed by atoms with van der Waals surface area (Å²) < 4.78 is 9.40. The first-order chi connectivity index (χ1) is 10.5. The van der Waals surface area contributed by atoms with E-state index in [0.717, 1.165) is 11.5 Å². The number of hydrogen-bond acceptors (Lipinski definition) is 5. The van der Waals surface area contributed by atoms with E-state index in [1.165, 1.54) is 15.5 Å². The molecule has 3 rings (SSSR count). The van der Waals surface area contributed by atoms with Gasteiger partial charge in [-0.15, -0.1) is 0 Å². The Balaban J connectivity index is 1.92. The van der Waals surface area contributed by atoms with Gasteiger partial charge in [-0.05, 0) is 13.3 Å². The standard InChI is InChI=1S/C14H17N5O3/c1-9-7-10(22-16-9)5-4-6-19-13(20)11-12(15-8-17(11)2)18(3)14(19)21/h7-8H,4-6H2,1-3H3. The maximum Gasteiger partial charge on any atom is 0.332 e. The van der Waals surface area contributed by atoms with E-state index in [4.69, 9.17) is 4.52 Å². The van der Waals surface area contributed by atoms with Crippen molar-refractivity contribution in [3.63, 3.8) is 0 Å². The summed E-state index contributed by atoms with van der Waals surface area (Å²) >= 11 is 0. The molecule has 0 atom stereocenters. The normalized spacial score (nSPS) is 11.4. The topological polar surface area (TPSA) is 87.9 Å². The van der Waals surface area contributed by atoms with Crippen LogP contribution in [0.3, 0.4) is 0 Å². The van der Waals surface area contributed by atoms with Crippen LogP contribution in [0.15, 0.2) is 26.5 Å². The summed E-state index contributed by atoms with van der Waals surface area (Å²) in [6.07, 6.45) is 2.78.